The van der Waals surface area contributed by atoms with Crippen LogP contribution in [0.3, 0.4) is 0 Å². The summed E-state index contributed by atoms with van der Waals surface area (Å²) in [5, 5.41) is 13.2. The minimum atomic E-state index is 0.0551. The molecule has 68 valence electrons. The molecule has 1 heterocycles. The number of nitrogens with zero attached hydrogens (tertiary/aromatic N) is 2. The van der Waals surface area contributed by atoms with Gasteiger partial charge in [0.2, 0.25) is 0 Å². The van der Waals surface area contributed by atoms with Crippen LogP contribution in [-0.4, -0.2) is 14.9 Å². The Morgan fingerprint density at radius 1 is 1.50 bits per heavy atom. The molecular weight excluding hydrogens is 152 g/mol. The van der Waals surface area contributed by atoms with Gasteiger partial charge in [-0.1, -0.05) is 20.8 Å². The molecule has 1 rings (SSSR count). The fourth-order valence-electron chi connectivity index (χ4n) is 1.02. The molecular formula is C9H16N2O. The van der Waals surface area contributed by atoms with Crippen LogP contribution >= 0.6 is 0 Å². The third-order valence-corrected chi connectivity index (χ3v) is 1.91. The highest BCUT2D eigenvalue weighted by atomic mass is 16.3. The van der Waals surface area contributed by atoms with Crippen LogP contribution < -0.4 is 0 Å². The second-order valence-electron chi connectivity index (χ2n) is 4.05. The maximum atomic E-state index is 8.94. The number of aryl methyl sites for hydroxylation is 1. The van der Waals surface area contributed by atoms with Gasteiger partial charge in [-0.05, 0) is 6.07 Å². The molecule has 0 saturated heterocycles. The number of hydrogen-bond donors (Lipinski definition) is 1. The monoisotopic (exact) mass is 168 g/mol. The van der Waals surface area contributed by atoms with E-state index in [0.717, 1.165) is 11.4 Å². The SMILES string of the molecule is Cn1nc(C(C)(C)C)cc1CO. The van der Waals surface area contributed by atoms with E-state index in [1.165, 1.54) is 0 Å². The highest BCUT2D eigenvalue weighted by Gasteiger charge is 2.18. The summed E-state index contributed by atoms with van der Waals surface area (Å²) < 4.78 is 1.72. The highest BCUT2D eigenvalue weighted by Crippen LogP contribution is 2.20. The van der Waals surface area contributed by atoms with Crippen molar-refractivity contribution in [2.24, 2.45) is 7.05 Å². The van der Waals surface area contributed by atoms with E-state index in [0.29, 0.717) is 0 Å². The van der Waals surface area contributed by atoms with Crippen LogP contribution in [0.25, 0.3) is 0 Å². The zero-order chi connectivity index (χ0) is 9.35. The Morgan fingerprint density at radius 3 is 2.33 bits per heavy atom. The summed E-state index contributed by atoms with van der Waals surface area (Å²) in [6, 6.07) is 1.94. The van der Waals surface area contributed by atoms with E-state index in [4.69, 9.17) is 5.11 Å². The molecule has 0 bridgehead atoms. The van der Waals surface area contributed by atoms with Crippen molar-refractivity contribution >= 4 is 0 Å². The number of rotatable bonds is 1. The largest absolute Gasteiger partial charge is 0.390 e. The summed E-state index contributed by atoms with van der Waals surface area (Å²) in [5.41, 5.74) is 1.94. The van der Waals surface area contributed by atoms with Crippen molar-refractivity contribution in [1.29, 1.82) is 0 Å². The second kappa shape index (κ2) is 2.90. The molecule has 0 aliphatic heterocycles. The van der Waals surface area contributed by atoms with Crippen molar-refractivity contribution in [2.45, 2.75) is 32.8 Å². The first-order chi connectivity index (χ1) is 5.45. The van der Waals surface area contributed by atoms with E-state index < -0.39 is 0 Å². The summed E-state index contributed by atoms with van der Waals surface area (Å²) in [5.74, 6) is 0. The minimum absolute atomic E-state index is 0.0551. The van der Waals surface area contributed by atoms with E-state index in [1.807, 2.05) is 13.1 Å². The Bertz CT molecular complexity index is 271. The molecule has 0 radical (unpaired) electrons. The molecule has 1 aromatic rings. The topological polar surface area (TPSA) is 38.0 Å². The molecule has 1 aromatic heterocycles. The van der Waals surface area contributed by atoms with Crippen molar-refractivity contribution in [3.63, 3.8) is 0 Å². The molecule has 0 unspecified atom stereocenters. The van der Waals surface area contributed by atoms with Gasteiger partial charge in [0.25, 0.3) is 0 Å². The molecule has 0 spiro atoms. The number of aliphatic hydroxyl groups is 1. The molecule has 0 atom stereocenters. The Labute approximate surface area is 73.0 Å². The molecule has 0 aliphatic rings. The molecule has 0 saturated carbocycles. The van der Waals surface area contributed by atoms with Crippen LogP contribution in [0.15, 0.2) is 6.07 Å². The van der Waals surface area contributed by atoms with Crippen LogP contribution in [0.2, 0.25) is 0 Å². The smallest absolute Gasteiger partial charge is 0.0849 e. The lowest BCUT2D eigenvalue weighted by Crippen LogP contribution is -2.12. The Kier molecular flexibility index (Phi) is 2.24. The normalized spacial score (nSPS) is 12.1. The standard InChI is InChI=1S/C9H16N2O/c1-9(2,3)8-5-7(6-12)11(4)10-8/h5,12H,6H2,1-4H3. The zero-order valence-corrected chi connectivity index (χ0v) is 8.13. The highest BCUT2D eigenvalue weighted by molar-refractivity contribution is 5.16. The van der Waals surface area contributed by atoms with Crippen LogP contribution in [0, 0.1) is 0 Å². The van der Waals surface area contributed by atoms with Gasteiger partial charge < -0.3 is 5.11 Å². The summed E-state index contributed by atoms with van der Waals surface area (Å²) in [4.78, 5) is 0. The molecule has 0 fully saturated rings. The van der Waals surface area contributed by atoms with Gasteiger partial charge in [-0.3, -0.25) is 4.68 Å². The minimum Gasteiger partial charge on any atom is -0.390 e. The maximum Gasteiger partial charge on any atom is 0.0849 e. The number of aromatic nitrogens is 2. The fourth-order valence-corrected chi connectivity index (χ4v) is 1.02. The maximum absolute atomic E-state index is 8.94. The zero-order valence-electron chi connectivity index (χ0n) is 8.13. The Hall–Kier alpha value is -0.830. The van der Waals surface area contributed by atoms with Gasteiger partial charge in [0, 0.05) is 12.5 Å². The van der Waals surface area contributed by atoms with Crippen LogP contribution in [0.5, 0.6) is 0 Å². The van der Waals surface area contributed by atoms with E-state index >= 15 is 0 Å². The quantitative estimate of drug-likeness (QED) is 0.684. The first-order valence-corrected chi connectivity index (χ1v) is 4.09. The molecule has 0 aromatic carbocycles. The predicted octanol–water partition coefficient (Wildman–Crippen LogP) is 1.21. The lowest BCUT2D eigenvalue weighted by Gasteiger charge is -2.13. The van der Waals surface area contributed by atoms with Gasteiger partial charge in [-0.15, -0.1) is 0 Å². The van der Waals surface area contributed by atoms with Gasteiger partial charge in [0.1, 0.15) is 0 Å². The first kappa shape index (κ1) is 9.26. The second-order valence-corrected chi connectivity index (χ2v) is 4.05. The summed E-state index contributed by atoms with van der Waals surface area (Å²) in [6.45, 7) is 6.38. The molecule has 1 N–H and O–H groups in total. The third-order valence-electron chi connectivity index (χ3n) is 1.91. The van der Waals surface area contributed by atoms with Gasteiger partial charge in [-0.25, -0.2) is 0 Å². The third kappa shape index (κ3) is 1.67. The fraction of sp³-hybridized carbons (Fsp3) is 0.667. The van der Waals surface area contributed by atoms with E-state index in [9.17, 15) is 0 Å². The summed E-state index contributed by atoms with van der Waals surface area (Å²) >= 11 is 0. The average Bonchev–Trinajstić information content (AvgIpc) is 2.29. The number of hydrogen-bond acceptors (Lipinski definition) is 2. The van der Waals surface area contributed by atoms with Crippen molar-refractivity contribution in [3.8, 4) is 0 Å². The van der Waals surface area contributed by atoms with Crippen LogP contribution in [0.4, 0.5) is 0 Å². The molecule has 3 nitrogen and oxygen atoms in total. The summed E-state index contributed by atoms with van der Waals surface area (Å²) in [7, 11) is 1.85. The Balaban J connectivity index is 3.05. The van der Waals surface area contributed by atoms with Crippen molar-refractivity contribution in [2.75, 3.05) is 0 Å². The summed E-state index contributed by atoms with van der Waals surface area (Å²) in [6.07, 6.45) is 0. The number of aliphatic hydroxyl groups excluding tert-OH is 1. The molecule has 3 heteroatoms. The van der Waals surface area contributed by atoms with Gasteiger partial charge in [0.05, 0.1) is 18.0 Å². The van der Waals surface area contributed by atoms with E-state index in [1.54, 1.807) is 4.68 Å². The van der Waals surface area contributed by atoms with Gasteiger partial charge in [-0.2, -0.15) is 5.10 Å². The van der Waals surface area contributed by atoms with E-state index in [2.05, 4.69) is 25.9 Å². The lowest BCUT2D eigenvalue weighted by atomic mass is 9.92. The van der Waals surface area contributed by atoms with Crippen molar-refractivity contribution in [3.05, 3.63) is 17.5 Å². The Morgan fingerprint density at radius 2 is 2.08 bits per heavy atom. The molecule has 12 heavy (non-hydrogen) atoms. The van der Waals surface area contributed by atoms with Gasteiger partial charge >= 0.3 is 0 Å². The van der Waals surface area contributed by atoms with Gasteiger partial charge in [0.15, 0.2) is 0 Å². The lowest BCUT2D eigenvalue weighted by molar-refractivity contribution is 0.270. The predicted molar refractivity (Wildman–Crippen MR) is 47.8 cm³/mol. The van der Waals surface area contributed by atoms with Crippen molar-refractivity contribution in [1.82, 2.24) is 9.78 Å². The average molecular weight is 168 g/mol. The molecule has 0 amide bonds. The van der Waals surface area contributed by atoms with E-state index in [-0.39, 0.29) is 12.0 Å². The first-order valence-electron chi connectivity index (χ1n) is 4.09. The molecule has 0 aliphatic carbocycles. The van der Waals surface area contributed by atoms with Crippen LogP contribution in [-0.2, 0) is 19.1 Å². The van der Waals surface area contributed by atoms with Crippen LogP contribution in [0.1, 0.15) is 32.2 Å². The van der Waals surface area contributed by atoms with Crippen molar-refractivity contribution < 1.29 is 5.11 Å².